The second kappa shape index (κ2) is 8.45. The van der Waals surface area contributed by atoms with Crippen LogP contribution in [0.5, 0.6) is 0 Å². The zero-order chi connectivity index (χ0) is 13.4. The molecule has 0 radical (unpaired) electrons. The smallest absolute Gasteiger partial charge is 0.306 e. The number of ether oxygens (including phenoxy) is 1. The van der Waals surface area contributed by atoms with Gasteiger partial charge in [0.2, 0.25) is 0 Å². The Morgan fingerprint density at radius 1 is 1.44 bits per heavy atom. The van der Waals surface area contributed by atoms with E-state index in [-0.39, 0.29) is 11.8 Å². The topological polar surface area (TPSA) is 78.8 Å². The van der Waals surface area contributed by atoms with Crippen LogP contribution in [-0.2, 0) is 9.53 Å². The van der Waals surface area contributed by atoms with Crippen LogP contribution in [0.3, 0.4) is 0 Å². The molecule has 3 N–H and O–H groups in total. The quantitative estimate of drug-likeness (QED) is 0.602. The van der Waals surface area contributed by atoms with Crippen molar-refractivity contribution in [2.45, 2.75) is 38.7 Å². The Kier molecular flexibility index (Phi) is 7.23. The number of rotatable bonds is 8. The zero-order valence-electron chi connectivity index (χ0n) is 11.1. The van der Waals surface area contributed by atoms with E-state index in [0.29, 0.717) is 26.3 Å². The van der Waals surface area contributed by atoms with Crippen molar-refractivity contribution in [2.75, 3.05) is 26.3 Å². The molecule has 3 unspecified atom stereocenters. The minimum absolute atomic E-state index is 0.190. The number of hydrogen-bond acceptors (Lipinski definition) is 4. The fourth-order valence-corrected chi connectivity index (χ4v) is 2.53. The van der Waals surface area contributed by atoms with Crippen molar-refractivity contribution < 1.29 is 19.7 Å². The maximum atomic E-state index is 11.1. The summed E-state index contributed by atoms with van der Waals surface area (Å²) >= 11 is 0. The monoisotopic (exact) mass is 259 g/mol. The highest BCUT2D eigenvalue weighted by Crippen LogP contribution is 2.29. The van der Waals surface area contributed by atoms with Gasteiger partial charge in [0, 0.05) is 13.2 Å². The summed E-state index contributed by atoms with van der Waals surface area (Å²) in [7, 11) is 0. The average Bonchev–Trinajstić information content (AvgIpc) is 2.36. The largest absolute Gasteiger partial charge is 0.481 e. The predicted molar refractivity (Wildman–Crippen MR) is 68.5 cm³/mol. The molecule has 0 spiro atoms. The fourth-order valence-electron chi connectivity index (χ4n) is 2.53. The van der Waals surface area contributed by atoms with Crippen LogP contribution >= 0.6 is 0 Å². The number of hydrogen-bond donors (Lipinski definition) is 3. The van der Waals surface area contributed by atoms with Gasteiger partial charge in [0.1, 0.15) is 0 Å². The highest BCUT2D eigenvalue weighted by molar-refractivity contribution is 5.70. The standard InChI is InChI=1S/C13H25NO4/c1-2-18-9-11(15)8-14-7-10-5-3-4-6-12(10)13(16)17/h10-12,14-15H,2-9H2,1H3,(H,16,17). The van der Waals surface area contributed by atoms with Gasteiger partial charge < -0.3 is 20.3 Å². The molecule has 0 bridgehead atoms. The van der Waals surface area contributed by atoms with Gasteiger partial charge in [-0.05, 0) is 32.2 Å². The molecule has 18 heavy (non-hydrogen) atoms. The number of aliphatic hydroxyl groups excluding tert-OH is 1. The van der Waals surface area contributed by atoms with Crippen LogP contribution in [0.4, 0.5) is 0 Å². The van der Waals surface area contributed by atoms with Gasteiger partial charge in [0.15, 0.2) is 0 Å². The lowest BCUT2D eigenvalue weighted by Crippen LogP contribution is -2.38. The molecule has 0 heterocycles. The van der Waals surface area contributed by atoms with Gasteiger partial charge in [0.05, 0.1) is 18.6 Å². The lowest BCUT2D eigenvalue weighted by Gasteiger charge is -2.29. The van der Waals surface area contributed by atoms with Gasteiger partial charge in [-0.3, -0.25) is 4.79 Å². The van der Waals surface area contributed by atoms with Crippen molar-refractivity contribution >= 4 is 5.97 Å². The minimum atomic E-state index is -0.684. The zero-order valence-corrected chi connectivity index (χ0v) is 11.1. The molecule has 0 amide bonds. The van der Waals surface area contributed by atoms with E-state index in [2.05, 4.69) is 5.32 Å². The number of nitrogens with one attached hydrogen (secondary N) is 1. The highest BCUT2D eigenvalue weighted by Gasteiger charge is 2.30. The summed E-state index contributed by atoms with van der Waals surface area (Å²) in [5.41, 5.74) is 0. The van der Waals surface area contributed by atoms with Crippen LogP contribution in [0.15, 0.2) is 0 Å². The summed E-state index contributed by atoms with van der Waals surface area (Å²) < 4.78 is 5.11. The van der Waals surface area contributed by atoms with Crippen molar-refractivity contribution in [1.82, 2.24) is 5.32 Å². The van der Waals surface area contributed by atoms with E-state index in [1.165, 1.54) is 0 Å². The molecule has 1 fully saturated rings. The molecule has 0 aromatic rings. The van der Waals surface area contributed by atoms with E-state index in [0.717, 1.165) is 25.7 Å². The van der Waals surface area contributed by atoms with Gasteiger partial charge in [0.25, 0.3) is 0 Å². The van der Waals surface area contributed by atoms with Gasteiger partial charge in [-0.15, -0.1) is 0 Å². The number of aliphatic carboxylic acids is 1. The molecule has 1 aliphatic rings. The normalized spacial score (nSPS) is 25.9. The van der Waals surface area contributed by atoms with Crippen molar-refractivity contribution in [1.29, 1.82) is 0 Å². The van der Waals surface area contributed by atoms with Crippen LogP contribution in [0.1, 0.15) is 32.6 Å². The Hall–Kier alpha value is -0.650. The van der Waals surface area contributed by atoms with Crippen molar-refractivity contribution in [3.8, 4) is 0 Å². The van der Waals surface area contributed by atoms with E-state index in [9.17, 15) is 9.90 Å². The predicted octanol–water partition coefficient (Wildman–Crippen LogP) is 0.864. The van der Waals surface area contributed by atoms with Gasteiger partial charge in [-0.25, -0.2) is 0 Å². The second-order valence-corrected chi connectivity index (χ2v) is 4.96. The summed E-state index contributed by atoms with van der Waals surface area (Å²) in [6, 6.07) is 0. The first-order chi connectivity index (χ1) is 8.65. The molecular formula is C13H25NO4. The number of carboxylic acids is 1. The molecule has 0 aromatic heterocycles. The summed E-state index contributed by atoms with van der Waals surface area (Å²) in [5, 5.41) is 21.9. The molecule has 3 atom stereocenters. The number of carbonyl (C=O) groups is 1. The molecule has 5 heteroatoms. The lowest BCUT2D eigenvalue weighted by molar-refractivity contribution is -0.144. The van der Waals surface area contributed by atoms with Crippen LogP contribution in [0.2, 0.25) is 0 Å². The number of carboxylic acid groups (broad SMARTS) is 1. The third-order valence-electron chi connectivity index (χ3n) is 3.53. The first-order valence-electron chi connectivity index (χ1n) is 6.84. The Balaban J connectivity index is 2.22. The van der Waals surface area contributed by atoms with Crippen LogP contribution in [0.25, 0.3) is 0 Å². The van der Waals surface area contributed by atoms with E-state index >= 15 is 0 Å². The third-order valence-corrected chi connectivity index (χ3v) is 3.53. The molecule has 1 rings (SSSR count). The van der Waals surface area contributed by atoms with Gasteiger partial charge in [-0.1, -0.05) is 12.8 Å². The number of aliphatic hydroxyl groups is 1. The first kappa shape index (κ1) is 15.4. The van der Waals surface area contributed by atoms with E-state index in [1.54, 1.807) is 0 Å². The van der Waals surface area contributed by atoms with Gasteiger partial charge in [-0.2, -0.15) is 0 Å². The van der Waals surface area contributed by atoms with Crippen LogP contribution < -0.4 is 5.32 Å². The Bertz CT molecular complexity index is 247. The third kappa shape index (κ3) is 5.33. The summed E-state index contributed by atoms with van der Waals surface area (Å²) in [5.74, 6) is -0.720. The van der Waals surface area contributed by atoms with Gasteiger partial charge >= 0.3 is 5.97 Å². The first-order valence-corrected chi connectivity index (χ1v) is 6.84. The second-order valence-electron chi connectivity index (χ2n) is 4.96. The maximum Gasteiger partial charge on any atom is 0.306 e. The summed E-state index contributed by atoms with van der Waals surface area (Å²) in [6.07, 6.45) is 3.35. The Morgan fingerprint density at radius 2 is 2.17 bits per heavy atom. The van der Waals surface area contributed by atoms with Crippen LogP contribution in [-0.4, -0.2) is 48.6 Å². The molecule has 5 nitrogen and oxygen atoms in total. The minimum Gasteiger partial charge on any atom is -0.481 e. The van der Waals surface area contributed by atoms with Crippen molar-refractivity contribution in [2.24, 2.45) is 11.8 Å². The molecule has 1 aliphatic carbocycles. The molecular weight excluding hydrogens is 234 g/mol. The highest BCUT2D eigenvalue weighted by atomic mass is 16.5. The van der Waals surface area contributed by atoms with Crippen molar-refractivity contribution in [3.63, 3.8) is 0 Å². The molecule has 1 saturated carbocycles. The average molecular weight is 259 g/mol. The molecule has 0 aromatic carbocycles. The lowest BCUT2D eigenvalue weighted by atomic mass is 9.79. The van der Waals surface area contributed by atoms with E-state index in [1.807, 2.05) is 6.92 Å². The Morgan fingerprint density at radius 3 is 2.83 bits per heavy atom. The van der Waals surface area contributed by atoms with Crippen molar-refractivity contribution in [3.05, 3.63) is 0 Å². The summed E-state index contributed by atoms with van der Waals surface area (Å²) in [4.78, 5) is 11.1. The van der Waals surface area contributed by atoms with E-state index < -0.39 is 12.1 Å². The molecule has 106 valence electrons. The maximum absolute atomic E-state index is 11.1. The molecule has 0 saturated heterocycles. The summed E-state index contributed by atoms with van der Waals surface area (Å²) in [6.45, 7) is 3.94. The SMILES string of the molecule is CCOCC(O)CNCC1CCCCC1C(=O)O. The van der Waals surface area contributed by atoms with E-state index in [4.69, 9.17) is 9.84 Å². The Labute approximate surface area is 109 Å². The molecule has 0 aliphatic heterocycles. The van der Waals surface area contributed by atoms with Crippen LogP contribution in [0, 0.1) is 11.8 Å². The fraction of sp³-hybridized carbons (Fsp3) is 0.923.